The Morgan fingerprint density at radius 1 is 0.792 bits per heavy atom. The van der Waals surface area contributed by atoms with Crippen molar-refractivity contribution < 1.29 is 9.90 Å². The lowest BCUT2D eigenvalue weighted by Gasteiger charge is -2.11. The van der Waals surface area contributed by atoms with Crippen molar-refractivity contribution in [3.8, 4) is 0 Å². The summed E-state index contributed by atoms with van der Waals surface area (Å²) in [6.07, 6.45) is 0. The minimum Gasteiger partial charge on any atom is -0.478 e. The number of carboxylic acid groups (broad SMARTS) is 1. The molecule has 3 rings (SSSR count). The molecule has 24 heavy (non-hydrogen) atoms. The van der Waals surface area contributed by atoms with Crippen LogP contribution in [-0.4, -0.2) is 11.1 Å². The molecule has 0 saturated heterocycles. The van der Waals surface area contributed by atoms with Gasteiger partial charge in [-0.1, -0.05) is 72.3 Å². The fourth-order valence-corrected chi connectivity index (χ4v) is 2.23. The van der Waals surface area contributed by atoms with Crippen LogP contribution in [-0.2, 0) is 0 Å². The van der Waals surface area contributed by atoms with Gasteiger partial charge in [0.05, 0.1) is 11.6 Å². The first-order chi connectivity index (χ1) is 11.6. The monoisotopic (exact) mass is 339 g/mol. The topological polar surface area (TPSA) is 63.3 Å². The van der Waals surface area contributed by atoms with Crippen molar-refractivity contribution in [1.82, 2.24) is 0 Å². The lowest BCUT2D eigenvalue weighted by atomic mass is 10.00. The van der Waals surface area contributed by atoms with E-state index in [0.29, 0.717) is 5.02 Å². The Morgan fingerprint density at radius 2 is 1.21 bits per heavy atom. The van der Waals surface area contributed by atoms with E-state index in [9.17, 15) is 4.79 Å². The van der Waals surface area contributed by atoms with E-state index in [-0.39, 0.29) is 11.6 Å². The molecule has 0 fully saturated rings. The van der Waals surface area contributed by atoms with Gasteiger partial charge in [-0.25, -0.2) is 4.79 Å². The molecule has 0 unspecified atom stereocenters. The molecule has 0 aliphatic carbocycles. The van der Waals surface area contributed by atoms with Gasteiger partial charge in [0.2, 0.25) is 0 Å². The van der Waals surface area contributed by atoms with Gasteiger partial charge in [0.1, 0.15) is 0 Å². The van der Waals surface area contributed by atoms with Crippen molar-refractivity contribution in [3.05, 3.63) is 107 Å². The summed E-state index contributed by atoms with van der Waals surface area (Å²) in [6, 6.07) is 26.3. The number of hydrogen-bond acceptors (Lipinski definition) is 2. The van der Waals surface area contributed by atoms with Crippen molar-refractivity contribution in [2.75, 3.05) is 0 Å². The molecule has 0 saturated carbocycles. The summed E-state index contributed by atoms with van der Waals surface area (Å²) in [4.78, 5) is 10.3. The molecule has 0 amide bonds. The summed E-state index contributed by atoms with van der Waals surface area (Å²) < 4.78 is 0. The summed E-state index contributed by atoms with van der Waals surface area (Å²) in [6.45, 7) is 0. The number of halogens is 1. The van der Waals surface area contributed by atoms with Crippen molar-refractivity contribution in [3.63, 3.8) is 0 Å². The van der Waals surface area contributed by atoms with Gasteiger partial charge in [-0.05, 0) is 35.4 Å². The van der Waals surface area contributed by atoms with Gasteiger partial charge < -0.3 is 10.8 Å². The zero-order valence-corrected chi connectivity index (χ0v) is 13.7. The van der Waals surface area contributed by atoms with E-state index in [1.54, 1.807) is 12.1 Å². The van der Waals surface area contributed by atoms with Crippen LogP contribution in [0.15, 0.2) is 84.9 Å². The SMILES string of the molecule is NC(c1ccccc1)c1ccccc1.O=C(O)c1ccc(Cl)cc1. The number of aromatic carboxylic acids is 1. The Labute approximate surface area is 146 Å². The normalized spacial score (nSPS) is 9.96. The Bertz CT molecular complexity index is 719. The Hall–Kier alpha value is -2.62. The van der Waals surface area contributed by atoms with Crippen LogP contribution in [0.1, 0.15) is 27.5 Å². The summed E-state index contributed by atoms with van der Waals surface area (Å²) >= 11 is 5.52. The van der Waals surface area contributed by atoms with Crippen molar-refractivity contribution in [2.24, 2.45) is 5.73 Å². The van der Waals surface area contributed by atoms with E-state index in [1.165, 1.54) is 12.1 Å². The molecule has 0 radical (unpaired) electrons. The smallest absolute Gasteiger partial charge is 0.335 e. The van der Waals surface area contributed by atoms with E-state index < -0.39 is 5.97 Å². The number of rotatable bonds is 3. The summed E-state index contributed by atoms with van der Waals surface area (Å²) in [5.41, 5.74) is 8.67. The molecule has 0 aliphatic rings. The first-order valence-electron chi connectivity index (χ1n) is 7.42. The Balaban J connectivity index is 0.000000185. The highest BCUT2D eigenvalue weighted by Crippen LogP contribution is 2.18. The molecule has 4 heteroatoms. The highest BCUT2D eigenvalue weighted by molar-refractivity contribution is 6.30. The van der Waals surface area contributed by atoms with Gasteiger partial charge >= 0.3 is 5.97 Å². The van der Waals surface area contributed by atoms with Gasteiger partial charge in [0.25, 0.3) is 0 Å². The maximum atomic E-state index is 10.3. The van der Waals surface area contributed by atoms with E-state index in [2.05, 4.69) is 24.3 Å². The molecule has 3 aromatic carbocycles. The fourth-order valence-electron chi connectivity index (χ4n) is 2.11. The van der Waals surface area contributed by atoms with Gasteiger partial charge in [-0.3, -0.25) is 0 Å². The number of nitrogens with two attached hydrogens (primary N) is 1. The minimum absolute atomic E-state index is 0.0163. The molecule has 0 aromatic heterocycles. The second-order valence-electron chi connectivity index (χ2n) is 5.11. The van der Waals surface area contributed by atoms with Gasteiger partial charge in [0.15, 0.2) is 0 Å². The Morgan fingerprint density at radius 3 is 1.58 bits per heavy atom. The quantitative estimate of drug-likeness (QED) is 0.722. The van der Waals surface area contributed by atoms with Crippen LogP contribution in [0.5, 0.6) is 0 Å². The summed E-state index contributed by atoms with van der Waals surface area (Å²) in [5, 5.41) is 8.98. The number of carbonyl (C=O) groups is 1. The first-order valence-corrected chi connectivity index (χ1v) is 7.80. The second kappa shape index (κ2) is 8.87. The minimum atomic E-state index is -0.934. The van der Waals surface area contributed by atoms with Crippen LogP contribution in [0, 0.1) is 0 Å². The highest BCUT2D eigenvalue weighted by Gasteiger charge is 2.06. The molecule has 0 aliphatic heterocycles. The zero-order valence-electron chi connectivity index (χ0n) is 13.0. The summed E-state index contributed by atoms with van der Waals surface area (Å²) in [5.74, 6) is -0.934. The summed E-state index contributed by atoms with van der Waals surface area (Å²) in [7, 11) is 0. The largest absolute Gasteiger partial charge is 0.478 e. The molecular formula is C20H18ClNO2. The van der Waals surface area contributed by atoms with Gasteiger partial charge in [0, 0.05) is 5.02 Å². The molecule has 3 nitrogen and oxygen atoms in total. The molecule has 0 atom stereocenters. The molecule has 0 bridgehead atoms. The van der Waals surface area contributed by atoms with E-state index in [0.717, 1.165) is 11.1 Å². The van der Waals surface area contributed by atoms with Crippen molar-refractivity contribution in [1.29, 1.82) is 0 Å². The number of benzene rings is 3. The lowest BCUT2D eigenvalue weighted by molar-refractivity contribution is 0.0697. The third kappa shape index (κ3) is 5.23. The van der Waals surface area contributed by atoms with Crippen LogP contribution in [0.4, 0.5) is 0 Å². The van der Waals surface area contributed by atoms with E-state index in [1.807, 2.05) is 36.4 Å². The molecule has 3 N–H and O–H groups in total. The maximum absolute atomic E-state index is 10.3. The van der Waals surface area contributed by atoms with Crippen LogP contribution in [0.25, 0.3) is 0 Å². The van der Waals surface area contributed by atoms with Crippen LogP contribution < -0.4 is 5.73 Å². The van der Waals surface area contributed by atoms with Crippen molar-refractivity contribution >= 4 is 17.6 Å². The first kappa shape index (κ1) is 17.7. The van der Waals surface area contributed by atoms with Crippen LogP contribution in [0.3, 0.4) is 0 Å². The van der Waals surface area contributed by atoms with Gasteiger partial charge in [-0.15, -0.1) is 0 Å². The Kier molecular flexibility index (Phi) is 6.55. The highest BCUT2D eigenvalue weighted by atomic mass is 35.5. The van der Waals surface area contributed by atoms with Crippen LogP contribution in [0.2, 0.25) is 5.02 Å². The van der Waals surface area contributed by atoms with E-state index >= 15 is 0 Å². The van der Waals surface area contributed by atoms with Gasteiger partial charge in [-0.2, -0.15) is 0 Å². The third-order valence-corrected chi connectivity index (χ3v) is 3.66. The number of hydrogen-bond donors (Lipinski definition) is 2. The fraction of sp³-hybridized carbons (Fsp3) is 0.0500. The third-order valence-electron chi connectivity index (χ3n) is 3.41. The molecular weight excluding hydrogens is 322 g/mol. The predicted octanol–water partition coefficient (Wildman–Crippen LogP) is 4.77. The second-order valence-corrected chi connectivity index (χ2v) is 5.55. The molecule has 3 aromatic rings. The van der Waals surface area contributed by atoms with Crippen LogP contribution >= 0.6 is 11.6 Å². The predicted molar refractivity (Wildman–Crippen MR) is 97.3 cm³/mol. The zero-order chi connectivity index (χ0) is 17.4. The molecule has 122 valence electrons. The maximum Gasteiger partial charge on any atom is 0.335 e. The molecule has 0 heterocycles. The average Bonchev–Trinajstić information content (AvgIpc) is 2.63. The standard InChI is InChI=1S/C13H13N.C7H5ClO2/c14-13(11-7-3-1-4-8-11)12-9-5-2-6-10-12;8-6-3-1-5(2-4-6)7(9)10/h1-10,13H,14H2;1-4H,(H,9,10). The molecule has 0 spiro atoms. The number of carboxylic acids is 1. The van der Waals surface area contributed by atoms with E-state index in [4.69, 9.17) is 22.4 Å². The average molecular weight is 340 g/mol. The lowest BCUT2D eigenvalue weighted by Crippen LogP contribution is -2.11. The van der Waals surface area contributed by atoms with Crippen molar-refractivity contribution in [2.45, 2.75) is 6.04 Å².